The van der Waals surface area contributed by atoms with E-state index in [1.165, 1.54) is 5.56 Å². The highest BCUT2D eigenvalue weighted by atomic mass is 35.5. The minimum absolute atomic E-state index is 0.300. The molecule has 128 valence electrons. The number of benzene rings is 2. The first kappa shape index (κ1) is 16.2. The van der Waals surface area contributed by atoms with E-state index in [2.05, 4.69) is 35.0 Å². The molecule has 0 fully saturated rings. The van der Waals surface area contributed by atoms with Crippen LogP contribution in [0.3, 0.4) is 0 Å². The van der Waals surface area contributed by atoms with Crippen molar-refractivity contribution in [1.29, 1.82) is 0 Å². The molecule has 0 aliphatic carbocycles. The van der Waals surface area contributed by atoms with Gasteiger partial charge in [-0.3, -0.25) is 4.90 Å². The molecule has 0 bridgehead atoms. The van der Waals surface area contributed by atoms with Gasteiger partial charge in [0, 0.05) is 24.0 Å². The molecular formula is C20H19ClN2O2. The van der Waals surface area contributed by atoms with Crippen LogP contribution >= 0.6 is 11.6 Å². The highest BCUT2D eigenvalue weighted by Gasteiger charge is 2.15. The number of pyridine rings is 1. The average Bonchev–Trinajstić information content (AvgIpc) is 3.09. The van der Waals surface area contributed by atoms with Gasteiger partial charge >= 0.3 is 0 Å². The van der Waals surface area contributed by atoms with E-state index in [1.807, 2.05) is 30.3 Å². The number of hydrogen-bond acceptors (Lipinski definition) is 4. The minimum atomic E-state index is 0.300. The third-order valence-electron chi connectivity index (χ3n) is 4.43. The molecule has 5 heteroatoms. The van der Waals surface area contributed by atoms with Crippen LogP contribution in [0, 0.1) is 0 Å². The van der Waals surface area contributed by atoms with E-state index in [4.69, 9.17) is 21.1 Å². The largest absolute Gasteiger partial charge is 0.454 e. The first-order chi connectivity index (χ1) is 12.2. The quantitative estimate of drug-likeness (QED) is 0.625. The van der Waals surface area contributed by atoms with E-state index in [0.29, 0.717) is 11.9 Å². The summed E-state index contributed by atoms with van der Waals surface area (Å²) in [5, 5.41) is 1.68. The molecule has 0 N–H and O–H groups in total. The predicted octanol–water partition coefficient (Wildman–Crippen LogP) is 4.64. The van der Waals surface area contributed by atoms with Crippen LogP contribution in [0.1, 0.15) is 18.1 Å². The summed E-state index contributed by atoms with van der Waals surface area (Å²) in [6, 6.07) is 16.3. The smallest absolute Gasteiger partial charge is 0.231 e. The van der Waals surface area contributed by atoms with E-state index in [1.54, 1.807) is 0 Å². The molecule has 0 atom stereocenters. The second-order valence-corrected chi connectivity index (χ2v) is 6.48. The molecule has 3 aromatic rings. The van der Waals surface area contributed by atoms with E-state index in [-0.39, 0.29) is 0 Å². The van der Waals surface area contributed by atoms with Crippen LogP contribution in [-0.4, -0.2) is 23.2 Å². The summed E-state index contributed by atoms with van der Waals surface area (Å²) in [7, 11) is 0. The summed E-state index contributed by atoms with van der Waals surface area (Å²) in [6.07, 6.45) is 0. The van der Waals surface area contributed by atoms with Crippen molar-refractivity contribution in [2.45, 2.75) is 20.0 Å². The number of aromatic nitrogens is 1. The third-order valence-corrected chi connectivity index (χ3v) is 4.76. The highest BCUT2D eigenvalue weighted by molar-refractivity contribution is 6.30. The monoisotopic (exact) mass is 354 g/mol. The van der Waals surface area contributed by atoms with Gasteiger partial charge in [-0.1, -0.05) is 42.8 Å². The van der Waals surface area contributed by atoms with E-state index >= 15 is 0 Å². The first-order valence-corrected chi connectivity index (χ1v) is 8.76. The summed E-state index contributed by atoms with van der Waals surface area (Å²) in [5.74, 6) is 1.63. The van der Waals surface area contributed by atoms with Crippen LogP contribution in [-0.2, 0) is 13.1 Å². The number of para-hydroxylation sites is 1. The Labute approximate surface area is 151 Å². The standard InChI is InChI=1S/C20H19ClN2O2/c1-2-23(11-14-7-8-18-19(9-14)25-13-24-18)12-16-10-15-5-3-4-6-17(15)22-20(16)21/h3-10H,2,11-13H2,1H3. The molecule has 1 aliphatic heterocycles. The Morgan fingerprint density at radius 1 is 1.04 bits per heavy atom. The second-order valence-electron chi connectivity index (χ2n) is 6.12. The number of hydrogen-bond donors (Lipinski definition) is 0. The Kier molecular flexibility index (Phi) is 4.47. The number of halogens is 1. The fraction of sp³-hybridized carbons (Fsp3) is 0.250. The Morgan fingerprint density at radius 2 is 1.88 bits per heavy atom. The first-order valence-electron chi connectivity index (χ1n) is 8.38. The number of rotatable bonds is 5. The molecule has 25 heavy (non-hydrogen) atoms. The zero-order valence-electron chi connectivity index (χ0n) is 14.0. The van der Waals surface area contributed by atoms with Crippen LogP contribution < -0.4 is 9.47 Å². The molecule has 0 radical (unpaired) electrons. The zero-order chi connectivity index (χ0) is 17.2. The molecule has 0 saturated carbocycles. The summed E-state index contributed by atoms with van der Waals surface area (Å²) in [4.78, 5) is 6.85. The summed E-state index contributed by atoms with van der Waals surface area (Å²) < 4.78 is 10.8. The van der Waals surface area contributed by atoms with Crippen molar-refractivity contribution in [2.75, 3.05) is 13.3 Å². The maximum atomic E-state index is 6.41. The number of fused-ring (bicyclic) bond motifs is 2. The normalized spacial score (nSPS) is 12.9. The van der Waals surface area contributed by atoms with Gasteiger partial charge in [-0.2, -0.15) is 0 Å². The van der Waals surface area contributed by atoms with Gasteiger partial charge in [0.1, 0.15) is 5.15 Å². The second kappa shape index (κ2) is 6.90. The predicted molar refractivity (Wildman–Crippen MR) is 99.1 cm³/mol. The molecule has 0 amide bonds. The van der Waals surface area contributed by atoms with E-state index in [0.717, 1.165) is 47.6 Å². The molecule has 0 spiro atoms. The van der Waals surface area contributed by atoms with Gasteiger partial charge < -0.3 is 9.47 Å². The maximum Gasteiger partial charge on any atom is 0.231 e. The summed E-state index contributed by atoms with van der Waals surface area (Å²) in [5.41, 5.74) is 3.16. The van der Waals surface area contributed by atoms with E-state index in [9.17, 15) is 0 Å². The molecule has 2 heterocycles. The van der Waals surface area contributed by atoms with Crippen LogP contribution in [0.25, 0.3) is 10.9 Å². The van der Waals surface area contributed by atoms with Gasteiger partial charge in [0.2, 0.25) is 6.79 Å². The van der Waals surface area contributed by atoms with Gasteiger partial charge in [-0.15, -0.1) is 0 Å². The minimum Gasteiger partial charge on any atom is -0.454 e. The van der Waals surface area contributed by atoms with Crippen molar-refractivity contribution in [3.63, 3.8) is 0 Å². The van der Waals surface area contributed by atoms with Crippen molar-refractivity contribution in [3.05, 3.63) is 64.8 Å². The van der Waals surface area contributed by atoms with Crippen molar-refractivity contribution in [2.24, 2.45) is 0 Å². The highest BCUT2D eigenvalue weighted by Crippen LogP contribution is 2.33. The van der Waals surface area contributed by atoms with Gasteiger partial charge in [0.05, 0.1) is 5.52 Å². The van der Waals surface area contributed by atoms with Gasteiger partial charge in [0.15, 0.2) is 11.5 Å². The fourth-order valence-corrected chi connectivity index (χ4v) is 3.27. The molecular weight excluding hydrogens is 336 g/mol. The van der Waals surface area contributed by atoms with Crippen molar-refractivity contribution >= 4 is 22.5 Å². The van der Waals surface area contributed by atoms with Crippen molar-refractivity contribution in [3.8, 4) is 11.5 Å². The fourth-order valence-electron chi connectivity index (χ4n) is 3.07. The Bertz CT molecular complexity index is 913. The maximum absolute atomic E-state index is 6.41. The third kappa shape index (κ3) is 3.41. The van der Waals surface area contributed by atoms with Crippen LogP contribution in [0.15, 0.2) is 48.5 Å². The lowest BCUT2D eigenvalue weighted by atomic mass is 10.1. The molecule has 0 saturated heterocycles. The van der Waals surface area contributed by atoms with E-state index < -0.39 is 0 Å². The summed E-state index contributed by atoms with van der Waals surface area (Å²) >= 11 is 6.41. The average molecular weight is 355 g/mol. The van der Waals surface area contributed by atoms with Crippen LogP contribution in [0.4, 0.5) is 0 Å². The Morgan fingerprint density at radius 3 is 2.76 bits per heavy atom. The van der Waals surface area contributed by atoms with Gasteiger partial charge in [-0.05, 0) is 36.4 Å². The Balaban J connectivity index is 1.55. The van der Waals surface area contributed by atoms with Crippen molar-refractivity contribution < 1.29 is 9.47 Å². The molecule has 1 aliphatic rings. The molecule has 2 aromatic carbocycles. The molecule has 4 rings (SSSR count). The Hall–Kier alpha value is -2.30. The SMILES string of the molecule is CCN(Cc1ccc2c(c1)OCO2)Cc1cc2ccccc2nc1Cl. The zero-order valence-corrected chi connectivity index (χ0v) is 14.8. The molecule has 1 aromatic heterocycles. The molecule has 4 nitrogen and oxygen atoms in total. The lowest BCUT2D eigenvalue weighted by Crippen LogP contribution is -2.22. The van der Waals surface area contributed by atoms with Crippen molar-refractivity contribution in [1.82, 2.24) is 9.88 Å². The van der Waals surface area contributed by atoms with Crippen LogP contribution in [0.2, 0.25) is 5.15 Å². The number of nitrogens with zero attached hydrogens (tertiary/aromatic N) is 2. The lowest BCUT2D eigenvalue weighted by Gasteiger charge is -2.21. The topological polar surface area (TPSA) is 34.6 Å². The van der Waals surface area contributed by atoms with Gasteiger partial charge in [0.25, 0.3) is 0 Å². The lowest BCUT2D eigenvalue weighted by molar-refractivity contribution is 0.174. The molecule has 0 unspecified atom stereocenters. The number of ether oxygens (including phenoxy) is 2. The summed E-state index contributed by atoms with van der Waals surface area (Å²) in [6.45, 7) is 4.93. The van der Waals surface area contributed by atoms with Gasteiger partial charge in [-0.25, -0.2) is 4.98 Å². The van der Waals surface area contributed by atoms with Crippen LogP contribution in [0.5, 0.6) is 11.5 Å².